The second kappa shape index (κ2) is 15.5. The van der Waals surface area contributed by atoms with Crippen LogP contribution >= 0.6 is 63.7 Å². The number of amides is 1. The van der Waals surface area contributed by atoms with Crippen molar-refractivity contribution in [3.63, 3.8) is 0 Å². The number of rotatable bonds is 12. The zero-order valence-electron chi connectivity index (χ0n) is 21.5. The van der Waals surface area contributed by atoms with Crippen molar-refractivity contribution in [2.24, 2.45) is 5.16 Å². The molecule has 2 aliphatic rings. The molecule has 41 heavy (non-hydrogen) atoms. The molecule has 1 aromatic rings. The number of carboxylic acid groups (broad SMARTS) is 1. The number of halogens is 4. The fourth-order valence-electron chi connectivity index (χ4n) is 3.83. The van der Waals surface area contributed by atoms with E-state index in [1.165, 1.54) is 7.11 Å². The molecule has 0 radical (unpaired) electrons. The molecule has 1 aliphatic heterocycles. The minimum absolute atomic E-state index is 0. The number of carbonyl (C=O) groups excluding carboxylic acids is 1. The largest absolute Gasteiger partial charge is 1.00 e. The minimum Gasteiger partial charge on any atom is -0.735 e. The van der Waals surface area contributed by atoms with Crippen LogP contribution in [-0.2, 0) is 35.9 Å². The van der Waals surface area contributed by atoms with Gasteiger partial charge in [0, 0.05) is 13.0 Å². The van der Waals surface area contributed by atoms with Gasteiger partial charge in [0.05, 0.1) is 31.6 Å². The molecule has 13 nitrogen and oxygen atoms in total. The Balaban J connectivity index is 0.00000588. The van der Waals surface area contributed by atoms with Crippen molar-refractivity contribution >= 4 is 91.6 Å². The number of oxime groups is 1. The zero-order chi connectivity index (χ0) is 29.8. The summed E-state index contributed by atoms with van der Waals surface area (Å²) in [6.07, 6.45) is 0.630. The Labute approximate surface area is 291 Å². The van der Waals surface area contributed by atoms with E-state index in [0.29, 0.717) is 41.4 Å². The summed E-state index contributed by atoms with van der Waals surface area (Å²) in [4.78, 5) is 29.4. The Hall–Kier alpha value is -0.540. The minimum atomic E-state index is -4.96. The Morgan fingerprint density at radius 2 is 1.90 bits per heavy atom. The molecule has 1 spiro atoms. The van der Waals surface area contributed by atoms with Crippen LogP contribution in [-0.4, -0.2) is 78.8 Å². The van der Waals surface area contributed by atoms with Gasteiger partial charge in [0.2, 0.25) is 0 Å². The van der Waals surface area contributed by atoms with Crippen molar-refractivity contribution in [2.45, 2.75) is 37.0 Å². The van der Waals surface area contributed by atoms with Crippen molar-refractivity contribution in [1.82, 2.24) is 10.0 Å². The molecule has 2 unspecified atom stereocenters. The van der Waals surface area contributed by atoms with E-state index in [1.807, 2.05) is 0 Å². The Morgan fingerprint density at radius 3 is 2.46 bits per heavy atom. The summed E-state index contributed by atoms with van der Waals surface area (Å²) in [5, 5.41) is 26.5. The van der Waals surface area contributed by atoms with E-state index in [-0.39, 0.29) is 61.3 Å². The van der Waals surface area contributed by atoms with Crippen LogP contribution < -0.4 is 44.3 Å². The molecule has 1 aromatic carbocycles. The van der Waals surface area contributed by atoms with E-state index in [0.717, 1.165) is 0 Å². The third-order valence-electron chi connectivity index (χ3n) is 5.68. The van der Waals surface area contributed by atoms with E-state index in [1.54, 1.807) is 22.9 Å². The van der Waals surface area contributed by atoms with Crippen LogP contribution in [0.4, 0.5) is 0 Å². The number of aliphatic carboxylic acids is 1. The number of nitrogens with one attached hydrogen (secondary N) is 2. The van der Waals surface area contributed by atoms with Gasteiger partial charge in [0.1, 0.15) is 29.4 Å². The summed E-state index contributed by atoms with van der Waals surface area (Å²) < 4.78 is 47.1. The van der Waals surface area contributed by atoms with Gasteiger partial charge in [-0.15, -0.1) is 0 Å². The maximum atomic E-state index is 12.6. The topological polar surface area (TPSA) is 196 Å². The van der Waals surface area contributed by atoms with Crippen LogP contribution in [0.25, 0.3) is 0 Å². The van der Waals surface area contributed by atoms with E-state index in [2.05, 4.69) is 74.2 Å². The van der Waals surface area contributed by atoms with Crippen LogP contribution in [0.3, 0.4) is 0 Å². The molecular weight excluding hydrogens is 841 g/mol. The maximum absolute atomic E-state index is 12.6. The Morgan fingerprint density at radius 1 is 1.27 bits per heavy atom. The van der Waals surface area contributed by atoms with Gasteiger partial charge in [-0.25, -0.2) is 13.1 Å². The summed E-state index contributed by atoms with van der Waals surface area (Å²) in [5.74, 6) is -1.15. The standard InChI is InChI=1S/C22H23Br4N3O10S.Na/c1-37-18-13(25)8-22(19(30)16(18)26)9-15(28-39-22)20(31)27-3-2-4-38-17-11(23)5-10(6-12(17)24)7-14(21(32)33)29-40(34,35)36;/h5-6,8,14,19,29-30H,2-4,7,9H2,1H3,(H,27,31)(H,32,33)(H,34,35,36);/q;+1/p-1/t14?,19?,22-;/m0./s1. The maximum Gasteiger partial charge on any atom is 1.00 e. The quantitative estimate of drug-likeness (QED) is 0.122. The van der Waals surface area contributed by atoms with Gasteiger partial charge >= 0.3 is 35.5 Å². The number of benzene rings is 1. The van der Waals surface area contributed by atoms with Crippen molar-refractivity contribution in [3.8, 4) is 5.75 Å². The van der Waals surface area contributed by atoms with Crippen LogP contribution in [0.1, 0.15) is 18.4 Å². The van der Waals surface area contributed by atoms with Crippen molar-refractivity contribution in [3.05, 3.63) is 47.4 Å². The molecule has 0 aromatic heterocycles. The molecule has 0 saturated carbocycles. The number of hydrogen-bond donors (Lipinski definition) is 4. The molecule has 19 heteroatoms. The monoisotopic (exact) mass is 859 g/mol. The fourth-order valence-corrected chi connectivity index (χ4v) is 7.66. The first-order chi connectivity index (χ1) is 18.7. The third-order valence-corrected chi connectivity index (χ3v) is 8.81. The Bertz CT molecular complexity index is 1370. The number of methoxy groups -OCH3 is 1. The van der Waals surface area contributed by atoms with E-state index < -0.39 is 39.9 Å². The van der Waals surface area contributed by atoms with Gasteiger partial charge in [-0.05, 0) is 100 Å². The normalized spacial score (nSPS) is 20.9. The fraction of sp³-hybridized carbons (Fsp3) is 0.409. The van der Waals surface area contributed by atoms with Crippen LogP contribution in [0.2, 0.25) is 0 Å². The SMILES string of the molecule is COC1=C(Br)C(O)[C@]2(C=C1Br)CC(C(=O)NCCCOc1c(Br)cc(CC(NS(=O)(=O)[O-])C(=O)O)cc1Br)=NO2.[Na+]. The molecule has 1 aliphatic carbocycles. The van der Waals surface area contributed by atoms with Crippen molar-refractivity contribution in [2.75, 3.05) is 20.3 Å². The average Bonchev–Trinajstić information content (AvgIpc) is 3.27. The number of allylic oxidation sites excluding steroid dienone is 1. The summed E-state index contributed by atoms with van der Waals surface area (Å²) in [7, 11) is -3.50. The zero-order valence-corrected chi connectivity index (χ0v) is 30.6. The molecule has 1 heterocycles. The summed E-state index contributed by atoms with van der Waals surface area (Å²) in [5.41, 5.74) is -0.730. The van der Waals surface area contributed by atoms with Gasteiger partial charge in [0.25, 0.3) is 5.91 Å². The number of aliphatic hydroxyl groups excluding tert-OH is 1. The smallest absolute Gasteiger partial charge is 0.735 e. The first kappa shape index (κ1) is 36.7. The number of carbonyl (C=O) groups is 2. The van der Waals surface area contributed by atoms with Crippen molar-refractivity contribution < 1.29 is 76.6 Å². The number of aliphatic hydroxyl groups is 1. The molecule has 0 bridgehead atoms. The third kappa shape index (κ3) is 9.47. The van der Waals surface area contributed by atoms with E-state index in [9.17, 15) is 32.8 Å². The number of nitrogens with zero attached hydrogens (tertiary/aromatic N) is 1. The summed E-state index contributed by atoms with van der Waals surface area (Å²) >= 11 is 13.3. The van der Waals surface area contributed by atoms with Crippen LogP contribution in [0.15, 0.2) is 47.0 Å². The Kier molecular flexibility index (Phi) is 13.8. The number of carboxylic acids is 1. The molecule has 220 valence electrons. The molecule has 3 atom stereocenters. The summed E-state index contributed by atoms with van der Waals surface area (Å²) in [6, 6.07) is 1.45. The molecule has 0 fully saturated rings. The van der Waals surface area contributed by atoms with Crippen molar-refractivity contribution in [1.29, 1.82) is 0 Å². The first-order valence-corrected chi connectivity index (χ1v) is 15.9. The van der Waals surface area contributed by atoms with Gasteiger partial charge in [-0.3, -0.25) is 9.59 Å². The second-order valence-corrected chi connectivity index (χ2v) is 13.1. The number of ether oxygens (including phenoxy) is 2. The van der Waals surface area contributed by atoms with Gasteiger partial charge < -0.3 is 34.4 Å². The predicted octanol–water partition coefficient (Wildman–Crippen LogP) is -0.432. The predicted molar refractivity (Wildman–Crippen MR) is 155 cm³/mol. The summed E-state index contributed by atoms with van der Waals surface area (Å²) in [6.45, 7) is 0.441. The van der Waals surface area contributed by atoms with E-state index >= 15 is 0 Å². The number of hydrogen-bond acceptors (Lipinski definition) is 10. The molecule has 1 amide bonds. The molecule has 0 saturated heterocycles. The molecule has 3 rings (SSSR count). The van der Waals surface area contributed by atoms with Crippen LogP contribution in [0, 0.1) is 0 Å². The average molecular weight is 863 g/mol. The van der Waals surface area contributed by atoms with Crippen LogP contribution in [0.5, 0.6) is 5.75 Å². The van der Waals surface area contributed by atoms with E-state index in [4.69, 9.17) is 14.3 Å². The second-order valence-electron chi connectivity index (χ2n) is 8.55. The van der Waals surface area contributed by atoms with Gasteiger partial charge in [-0.1, -0.05) is 5.16 Å². The van der Waals surface area contributed by atoms with Gasteiger partial charge in [0.15, 0.2) is 15.9 Å². The first-order valence-electron chi connectivity index (χ1n) is 11.3. The molecule has 4 N–H and O–H groups in total. The molecular formula is C22H22Br4N3NaO10S. The van der Waals surface area contributed by atoms with Gasteiger partial charge in [-0.2, -0.15) is 0 Å².